The van der Waals surface area contributed by atoms with Gasteiger partial charge < -0.3 is 15.2 Å². The molecule has 1 rings (SSSR count). The van der Waals surface area contributed by atoms with E-state index in [0.29, 0.717) is 29.2 Å². The third kappa shape index (κ3) is 3.88. The van der Waals surface area contributed by atoms with Gasteiger partial charge in [0.1, 0.15) is 5.75 Å². The molecule has 0 saturated heterocycles. The van der Waals surface area contributed by atoms with Crippen molar-refractivity contribution in [3.63, 3.8) is 0 Å². The molecule has 2 N–H and O–H groups in total. The minimum atomic E-state index is -0.938. The summed E-state index contributed by atoms with van der Waals surface area (Å²) in [6.45, 7) is 3.68. The summed E-state index contributed by atoms with van der Waals surface area (Å²) in [6.07, 6.45) is 0.895. The molecule has 0 unspecified atom stereocenters. The number of amides is 1. The number of carboxylic acids is 1. The van der Waals surface area contributed by atoms with Crippen LogP contribution >= 0.6 is 11.6 Å². The van der Waals surface area contributed by atoms with Gasteiger partial charge in [-0.1, -0.05) is 25.4 Å². The zero-order valence-corrected chi connectivity index (χ0v) is 13.2. The molecule has 1 aromatic rings. The van der Waals surface area contributed by atoms with Crippen LogP contribution in [0.3, 0.4) is 0 Å². The number of carbonyl (C=O) groups excluding carboxylic acids is 1. The lowest BCUT2D eigenvalue weighted by molar-refractivity contribution is -0.149. The molecule has 0 aliphatic rings. The quantitative estimate of drug-likeness (QED) is 0.811. The second kappa shape index (κ2) is 7.31. The summed E-state index contributed by atoms with van der Waals surface area (Å²) in [7, 11) is 1.46. The summed E-state index contributed by atoms with van der Waals surface area (Å²) in [4.78, 5) is 23.5. The van der Waals surface area contributed by atoms with E-state index in [0.717, 1.165) is 0 Å². The second-order valence-electron chi connectivity index (χ2n) is 4.82. The highest BCUT2D eigenvalue weighted by Gasteiger charge is 2.35. The van der Waals surface area contributed by atoms with Gasteiger partial charge in [0.05, 0.1) is 17.5 Å². The van der Waals surface area contributed by atoms with E-state index in [9.17, 15) is 14.7 Å². The van der Waals surface area contributed by atoms with E-state index in [1.54, 1.807) is 26.0 Å². The molecule has 0 aliphatic carbocycles. The molecule has 0 aliphatic heterocycles. The van der Waals surface area contributed by atoms with E-state index < -0.39 is 11.4 Å². The molecule has 5 nitrogen and oxygen atoms in total. The largest absolute Gasteiger partial charge is 0.495 e. The fraction of sp³-hybridized carbons (Fsp3) is 0.467. The van der Waals surface area contributed by atoms with E-state index in [2.05, 4.69) is 5.32 Å². The molecule has 116 valence electrons. The van der Waals surface area contributed by atoms with Crippen LogP contribution in [0, 0.1) is 5.41 Å². The van der Waals surface area contributed by atoms with Crippen molar-refractivity contribution in [3.05, 3.63) is 28.8 Å². The van der Waals surface area contributed by atoms with Crippen molar-refractivity contribution in [1.29, 1.82) is 0 Å². The predicted octanol–water partition coefficient (Wildman–Crippen LogP) is 2.97. The van der Waals surface area contributed by atoms with Gasteiger partial charge in [-0.05, 0) is 31.0 Å². The lowest BCUT2D eigenvalue weighted by Gasteiger charge is -2.26. The highest BCUT2D eigenvalue weighted by Crippen LogP contribution is 2.27. The number of methoxy groups -OCH3 is 1. The Hall–Kier alpha value is -1.75. The zero-order valence-electron chi connectivity index (χ0n) is 12.4. The molecule has 0 bridgehead atoms. The van der Waals surface area contributed by atoms with Crippen LogP contribution in [0.2, 0.25) is 5.02 Å². The summed E-state index contributed by atoms with van der Waals surface area (Å²) in [5.74, 6) is -0.848. The first-order valence-electron chi connectivity index (χ1n) is 6.75. The fourth-order valence-electron chi connectivity index (χ4n) is 2.03. The number of carboxylic acid groups (broad SMARTS) is 1. The number of ether oxygens (including phenoxy) is 1. The standard InChI is InChI=1S/C15H20ClNO4/c1-4-15(5-2,14(19)20)9-17-13(18)10-6-7-11(16)12(8-10)21-3/h6-8H,4-5,9H2,1-3H3,(H,17,18)(H,19,20). The van der Waals surface area contributed by atoms with E-state index in [1.807, 2.05) is 0 Å². The van der Waals surface area contributed by atoms with Crippen LogP contribution in [0.25, 0.3) is 0 Å². The first-order valence-corrected chi connectivity index (χ1v) is 7.13. The summed E-state index contributed by atoms with van der Waals surface area (Å²) in [5.41, 5.74) is -0.561. The second-order valence-corrected chi connectivity index (χ2v) is 5.23. The van der Waals surface area contributed by atoms with E-state index in [1.165, 1.54) is 13.2 Å². The van der Waals surface area contributed by atoms with Crippen LogP contribution in [0.4, 0.5) is 0 Å². The Labute approximate surface area is 129 Å². The van der Waals surface area contributed by atoms with Gasteiger partial charge in [0, 0.05) is 12.1 Å². The van der Waals surface area contributed by atoms with Crippen LogP contribution in [-0.4, -0.2) is 30.6 Å². The molecule has 1 aromatic carbocycles. The van der Waals surface area contributed by atoms with Gasteiger partial charge in [-0.2, -0.15) is 0 Å². The van der Waals surface area contributed by atoms with Crippen molar-refractivity contribution in [2.75, 3.05) is 13.7 Å². The number of aliphatic carboxylic acids is 1. The molecule has 21 heavy (non-hydrogen) atoms. The first kappa shape index (κ1) is 17.3. The lowest BCUT2D eigenvalue weighted by Crippen LogP contribution is -2.42. The molecular formula is C15H20ClNO4. The Morgan fingerprint density at radius 2 is 1.95 bits per heavy atom. The van der Waals surface area contributed by atoms with Gasteiger partial charge in [0.15, 0.2) is 0 Å². The van der Waals surface area contributed by atoms with Gasteiger partial charge in [0.25, 0.3) is 5.91 Å². The zero-order chi connectivity index (χ0) is 16.0. The highest BCUT2D eigenvalue weighted by molar-refractivity contribution is 6.32. The normalized spacial score (nSPS) is 11.0. The number of hydrogen-bond acceptors (Lipinski definition) is 3. The van der Waals surface area contributed by atoms with Crippen molar-refractivity contribution < 1.29 is 19.4 Å². The minimum Gasteiger partial charge on any atom is -0.495 e. The predicted molar refractivity (Wildman–Crippen MR) is 81.0 cm³/mol. The number of nitrogens with one attached hydrogen (secondary N) is 1. The number of hydrogen-bond donors (Lipinski definition) is 2. The van der Waals surface area contributed by atoms with Crippen molar-refractivity contribution >= 4 is 23.5 Å². The van der Waals surface area contributed by atoms with Gasteiger partial charge in [-0.25, -0.2) is 0 Å². The minimum absolute atomic E-state index is 0.0824. The molecule has 0 spiro atoms. The van der Waals surface area contributed by atoms with Crippen molar-refractivity contribution in [1.82, 2.24) is 5.32 Å². The maximum atomic E-state index is 12.1. The van der Waals surface area contributed by atoms with Crippen LogP contribution in [0.1, 0.15) is 37.0 Å². The lowest BCUT2D eigenvalue weighted by atomic mass is 9.82. The Morgan fingerprint density at radius 1 is 1.33 bits per heavy atom. The Balaban J connectivity index is 2.84. The number of benzene rings is 1. The van der Waals surface area contributed by atoms with Crippen molar-refractivity contribution in [2.24, 2.45) is 5.41 Å². The topological polar surface area (TPSA) is 75.6 Å². The average Bonchev–Trinajstić information content (AvgIpc) is 2.48. The average molecular weight is 314 g/mol. The molecule has 0 saturated carbocycles. The molecular weight excluding hydrogens is 294 g/mol. The van der Waals surface area contributed by atoms with E-state index in [4.69, 9.17) is 16.3 Å². The van der Waals surface area contributed by atoms with Crippen molar-refractivity contribution in [2.45, 2.75) is 26.7 Å². The molecule has 0 radical (unpaired) electrons. The molecule has 6 heteroatoms. The highest BCUT2D eigenvalue weighted by atomic mass is 35.5. The van der Waals surface area contributed by atoms with Gasteiger partial charge in [-0.15, -0.1) is 0 Å². The Morgan fingerprint density at radius 3 is 2.43 bits per heavy atom. The van der Waals surface area contributed by atoms with Crippen LogP contribution in [-0.2, 0) is 4.79 Å². The molecule has 0 fully saturated rings. The summed E-state index contributed by atoms with van der Waals surface area (Å²) in [6, 6.07) is 4.66. The monoisotopic (exact) mass is 313 g/mol. The number of carbonyl (C=O) groups is 2. The van der Waals surface area contributed by atoms with Gasteiger partial charge in [-0.3, -0.25) is 9.59 Å². The fourth-order valence-corrected chi connectivity index (χ4v) is 2.23. The van der Waals surface area contributed by atoms with Crippen molar-refractivity contribution in [3.8, 4) is 5.75 Å². The van der Waals surface area contributed by atoms with Crippen LogP contribution < -0.4 is 10.1 Å². The molecule has 1 amide bonds. The third-order valence-electron chi connectivity index (χ3n) is 3.81. The molecule has 0 aromatic heterocycles. The van der Waals surface area contributed by atoms with E-state index >= 15 is 0 Å². The molecule has 0 atom stereocenters. The summed E-state index contributed by atoms with van der Waals surface area (Å²) < 4.78 is 5.06. The SMILES string of the molecule is CCC(CC)(CNC(=O)c1ccc(Cl)c(OC)c1)C(=O)O. The maximum absolute atomic E-state index is 12.1. The smallest absolute Gasteiger partial charge is 0.311 e. The number of rotatable bonds is 7. The maximum Gasteiger partial charge on any atom is 0.311 e. The Kier molecular flexibility index (Phi) is 6.03. The molecule has 0 heterocycles. The summed E-state index contributed by atoms with van der Waals surface area (Å²) in [5, 5.41) is 12.4. The first-order chi connectivity index (χ1) is 9.90. The summed E-state index contributed by atoms with van der Waals surface area (Å²) >= 11 is 5.90. The Bertz CT molecular complexity index is 526. The third-order valence-corrected chi connectivity index (χ3v) is 4.12. The van der Waals surface area contributed by atoms with E-state index in [-0.39, 0.29) is 12.5 Å². The van der Waals surface area contributed by atoms with Crippen LogP contribution in [0.15, 0.2) is 18.2 Å². The van der Waals surface area contributed by atoms with Gasteiger partial charge in [0.2, 0.25) is 0 Å². The number of halogens is 1. The van der Waals surface area contributed by atoms with Crippen LogP contribution in [0.5, 0.6) is 5.75 Å². The van der Waals surface area contributed by atoms with Gasteiger partial charge >= 0.3 is 5.97 Å².